The second kappa shape index (κ2) is 6.19. The third-order valence-corrected chi connectivity index (χ3v) is 3.30. The van der Waals surface area contributed by atoms with Gasteiger partial charge in [-0.05, 0) is 20.9 Å². The van der Waals surface area contributed by atoms with E-state index in [4.69, 9.17) is 16.3 Å². The van der Waals surface area contributed by atoms with Gasteiger partial charge < -0.3 is 10.1 Å². The Labute approximate surface area is 123 Å². The lowest BCUT2D eigenvalue weighted by molar-refractivity contribution is 0.394. The number of hydrogen-bond acceptors (Lipinski definition) is 5. The van der Waals surface area contributed by atoms with Crippen molar-refractivity contribution in [3.63, 3.8) is 0 Å². The first-order valence-corrected chi connectivity index (χ1v) is 6.72. The molecule has 0 fully saturated rings. The second-order valence-corrected chi connectivity index (χ2v) is 5.03. The molecule has 0 aliphatic carbocycles. The van der Waals surface area contributed by atoms with E-state index in [2.05, 4.69) is 34.2 Å². The zero-order valence-electron chi connectivity index (χ0n) is 12.0. The SMILES string of the molecule is CNC(c1cc(OC)ncn1)c1c(Cl)cnn1C(C)C. The van der Waals surface area contributed by atoms with Crippen LogP contribution in [0.25, 0.3) is 0 Å². The van der Waals surface area contributed by atoms with Gasteiger partial charge in [0.15, 0.2) is 0 Å². The molecule has 1 unspecified atom stereocenters. The lowest BCUT2D eigenvalue weighted by Gasteiger charge is -2.20. The van der Waals surface area contributed by atoms with Crippen molar-refractivity contribution in [2.45, 2.75) is 25.9 Å². The molecule has 2 heterocycles. The molecule has 1 atom stereocenters. The van der Waals surface area contributed by atoms with E-state index in [0.717, 1.165) is 11.4 Å². The van der Waals surface area contributed by atoms with Crippen LogP contribution < -0.4 is 10.1 Å². The average molecular weight is 296 g/mol. The molecule has 0 amide bonds. The molecule has 2 aromatic heterocycles. The molecule has 0 saturated carbocycles. The molecule has 0 spiro atoms. The second-order valence-electron chi connectivity index (χ2n) is 4.62. The lowest BCUT2D eigenvalue weighted by atomic mass is 10.1. The molecule has 0 aliphatic rings. The van der Waals surface area contributed by atoms with Gasteiger partial charge in [-0.2, -0.15) is 5.10 Å². The first kappa shape index (κ1) is 14.7. The molecule has 0 bridgehead atoms. The minimum Gasteiger partial charge on any atom is -0.481 e. The number of methoxy groups -OCH3 is 1. The Balaban J connectivity index is 2.49. The van der Waals surface area contributed by atoms with E-state index in [1.807, 2.05) is 11.7 Å². The Morgan fingerprint density at radius 2 is 2.10 bits per heavy atom. The van der Waals surface area contributed by atoms with E-state index in [0.29, 0.717) is 10.9 Å². The van der Waals surface area contributed by atoms with Crippen molar-refractivity contribution in [2.24, 2.45) is 0 Å². The van der Waals surface area contributed by atoms with Crippen LogP contribution >= 0.6 is 11.6 Å². The van der Waals surface area contributed by atoms with Crippen LogP contribution in [0, 0.1) is 0 Å². The maximum absolute atomic E-state index is 6.29. The zero-order valence-corrected chi connectivity index (χ0v) is 12.7. The molecule has 2 aromatic rings. The van der Waals surface area contributed by atoms with Gasteiger partial charge in [-0.3, -0.25) is 4.68 Å². The molecule has 0 aliphatic heterocycles. The van der Waals surface area contributed by atoms with E-state index in [1.54, 1.807) is 19.4 Å². The van der Waals surface area contributed by atoms with Crippen LogP contribution in [-0.2, 0) is 0 Å². The summed E-state index contributed by atoms with van der Waals surface area (Å²) in [5.41, 5.74) is 1.66. The van der Waals surface area contributed by atoms with Crippen molar-refractivity contribution in [2.75, 3.05) is 14.2 Å². The number of nitrogens with one attached hydrogen (secondary N) is 1. The molecule has 108 valence electrons. The molecule has 20 heavy (non-hydrogen) atoms. The van der Waals surface area contributed by atoms with E-state index in [9.17, 15) is 0 Å². The van der Waals surface area contributed by atoms with E-state index in [1.165, 1.54) is 6.33 Å². The van der Waals surface area contributed by atoms with E-state index in [-0.39, 0.29) is 12.1 Å². The lowest BCUT2D eigenvalue weighted by Crippen LogP contribution is -2.23. The molecule has 0 saturated heterocycles. The van der Waals surface area contributed by atoms with Crippen molar-refractivity contribution >= 4 is 11.6 Å². The van der Waals surface area contributed by atoms with Crippen LogP contribution in [-0.4, -0.2) is 33.9 Å². The molecule has 0 aromatic carbocycles. The van der Waals surface area contributed by atoms with Crippen molar-refractivity contribution in [1.29, 1.82) is 0 Å². The monoisotopic (exact) mass is 295 g/mol. The number of ether oxygens (including phenoxy) is 1. The number of halogens is 1. The fourth-order valence-electron chi connectivity index (χ4n) is 2.08. The summed E-state index contributed by atoms with van der Waals surface area (Å²) in [6.07, 6.45) is 3.13. The highest BCUT2D eigenvalue weighted by atomic mass is 35.5. The van der Waals surface area contributed by atoms with Crippen molar-refractivity contribution < 1.29 is 4.74 Å². The first-order chi connectivity index (χ1) is 9.58. The minimum atomic E-state index is -0.177. The van der Waals surface area contributed by atoms with Gasteiger partial charge in [0.1, 0.15) is 6.33 Å². The Bertz CT molecular complexity index is 584. The van der Waals surface area contributed by atoms with Crippen LogP contribution in [0.4, 0.5) is 0 Å². The van der Waals surface area contributed by atoms with Crippen molar-refractivity contribution in [1.82, 2.24) is 25.1 Å². The highest BCUT2D eigenvalue weighted by molar-refractivity contribution is 6.31. The largest absolute Gasteiger partial charge is 0.481 e. The maximum atomic E-state index is 6.29. The third-order valence-electron chi connectivity index (χ3n) is 3.01. The number of rotatable bonds is 5. The zero-order chi connectivity index (χ0) is 14.7. The van der Waals surface area contributed by atoms with Crippen LogP contribution in [0.15, 0.2) is 18.6 Å². The summed E-state index contributed by atoms with van der Waals surface area (Å²) >= 11 is 6.29. The van der Waals surface area contributed by atoms with Crippen LogP contribution in [0.5, 0.6) is 5.88 Å². The number of hydrogen-bond donors (Lipinski definition) is 1. The fraction of sp³-hybridized carbons (Fsp3) is 0.462. The first-order valence-electron chi connectivity index (χ1n) is 6.34. The highest BCUT2D eigenvalue weighted by Gasteiger charge is 2.23. The van der Waals surface area contributed by atoms with E-state index < -0.39 is 0 Å². The minimum absolute atomic E-state index is 0.177. The summed E-state index contributed by atoms with van der Waals surface area (Å²) in [4.78, 5) is 8.32. The molecular weight excluding hydrogens is 278 g/mol. The Hall–Kier alpha value is -1.66. The van der Waals surface area contributed by atoms with Gasteiger partial charge in [0.25, 0.3) is 0 Å². The summed E-state index contributed by atoms with van der Waals surface area (Å²) in [6, 6.07) is 1.82. The van der Waals surface area contributed by atoms with Crippen molar-refractivity contribution in [3.05, 3.63) is 35.0 Å². The van der Waals surface area contributed by atoms with Gasteiger partial charge in [0, 0.05) is 12.1 Å². The standard InChI is InChI=1S/C13H18ClN5O/c1-8(2)19-13(9(14)6-18-19)12(15-3)10-5-11(20-4)17-7-16-10/h5-8,12,15H,1-4H3. The smallest absolute Gasteiger partial charge is 0.216 e. The van der Waals surface area contributed by atoms with Gasteiger partial charge in [-0.1, -0.05) is 11.6 Å². The molecule has 0 radical (unpaired) electrons. The number of aromatic nitrogens is 4. The van der Waals surface area contributed by atoms with Crippen molar-refractivity contribution in [3.8, 4) is 5.88 Å². The van der Waals surface area contributed by atoms with Gasteiger partial charge in [0.2, 0.25) is 5.88 Å². The van der Waals surface area contributed by atoms with Crippen LogP contribution in [0.3, 0.4) is 0 Å². The molecular formula is C13H18ClN5O. The quantitative estimate of drug-likeness (QED) is 0.916. The molecule has 7 heteroatoms. The highest BCUT2D eigenvalue weighted by Crippen LogP contribution is 2.29. The maximum Gasteiger partial charge on any atom is 0.216 e. The van der Waals surface area contributed by atoms with Gasteiger partial charge in [-0.25, -0.2) is 9.97 Å². The summed E-state index contributed by atoms with van der Waals surface area (Å²) in [6.45, 7) is 4.11. The van der Waals surface area contributed by atoms with Crippen LogP contribution in [0.2, 0.25) is 5.02 Å². The van der Waals surface area contributed by atoms with Gasteiger partial charge >= 0.3 is 0 Å². The Morgan fingerprint density at radius 3 is 2.70 bits per heavy atom. The number of nitrogens with zero attached hydrogens (tertiary/aromatic N) is 4. The predicted octanol–water partition coefficient (Wildman–Crippen LogP) is 2.22. The molecule has 1 N–H and O–H groups in total. The summed E-state index contributed by atoms with van der Waals surface area (Å²) < 4.78 is 7.03. The topological polar surface area (TPSA) is 64.9 Å². The summed E-state index contributed by atoms with van der Waals surface area (Å²) in [5, 5.41) is 8.15. The fourth-order valence-corrected chi connectivity index (χ4v) is 2.32. The normalized spacial score (nSPS) is 12.7. The molecule has 2 rings (SSSR count). The summed E-state index contributed by atoms with van der Waals surface area (Å²) in [7, 11) is 3.43. The Morgan fingerprint density at radius 1 is 1.35 bits per heavy atom. The summed E-state index contributed by atoms with van der Waals surface area (Å²) in [5.74, 6) is 0.516. The predicted molar refractivity (Wildman–Crippen MR) is 77.1 cm³/mol. The van der Waals surface area contributed by atoms with Crippen LogP contribution in [0.1, 0.15) is 37.3 Å². The van der Waals surface area contributed by atoms with Gasteiger partial charge in [-0.15, -0.1) is 0 Å². The van der Waals surface area contributed by atoms with E-state index >= 15 is 0 Å². The molecule has 6 nitrogen and oxygen atoms in total. The third kappa shape index (κ3) is 2.76. The average Bonchev–Trinajstić information content (AvgIpc) is 2.82. The Kier molecular flexibility index (Phi) is 4.57. The van der Waals surface area contributed by atoms with Gasteiger partial charge in [0.05, 0.1) is 35.8 Å².